The molecule has 0 N–H and O–H groups in total. The first-order chi connectivity index (χ1) is 49.4. The van der Waals surface area contributed by atoms with E-state index in [1.54, 1.807) is 25.7 Å². The Morgan fingerprint density at radius 1 is 0.304 bits per heavy atom. The normalized spacial score (nSPS) is 44.8. The third kappa shape index (κ3) is 21.3. The van der Waals surface area contributed by atoms with Crippen LogP contribution >= 0.6 is 0 Å². The van der Waals surface area contributed by atoms with Crippen LogP contribution in [0.5, 0.6) is 0 Å². The predicted octanol–water partition coefficient (Wildman–Crippen LogP) is 25.1. The van der Waals surface area contributed by atoms with Crippen LogP contribution in [0.2, 0.25) is 0 Å². The fraction of sp³-hybridized carbons (Fsp3) is 1.00. The lowest BCUT2D eigenvalue weighted by atomic mass is 9.52. The van der Waals surface area contributed by atoms with E-state index in [1.807, 2.05) is 0 Å². The van der Waals surface area contributed by atoms with Crippen molar-refractivity contribution in [2.45, 2.75) is 413 Å². The zero-order valence-corrected chi connectivity index (χ0v) is 68.8. The van der Waals surface area contributed by atoms with Gasteiger partial charge in [0.05, 0.1) is 61.5 Å². The lowest BCUT2D eigenvalue weighted by Crippen LogP contribution is -2.52. The average Bonchev–Trinajstić information content (AvgIpc) is 1.09. The van der Waals surface area contributed by atoms with Crippen molar-refractivity contribution in [1.29, 1.82) is 0 Å². The fourth-order valence-electron chi connectivity index (χ4n) is 30.2. The summed E-state index contributed by atoms with van der Waals surface area (Å²) in [6, 6.07) is 0. The Hall–Kier alpha value is -0.280. The Morgan fingerprint density at radius 2 is 0.716 bits per heavy atom. The Labute approximate surface area is 630 Å². The van der Waals surface area contributed by atoms with Gasteiger partial charge in [-0.2, -0.15) is 0 Å². The van der Waals surface area contributed by atoms with Crippen LogP contribution in [0.3, 0.4) is 0 Å². The summed E-state index contributed by atoms with van der Waals surface area (Å²) in [5, 5.41) is 0. The number of hydrogen-bond donors (Lipinski definition) is 0. The molecule has 8 unspecified atom stereocenters. The topological polar surface area (TPSA) is 64.6 Å². The van der Waals surface area contributed by atoms with Gasteiger partial charge in [0.1, 0.15) is 0 Å². The second kappa shape index (κ2) is 37.8. The van der Waals surface area contributed by atoms with Crippen LogP contribution in [0, 0.1) is 147 Å². The van der Waals surface area contributed by atoms with Crippen molar-refractivity contribution in [3.8, 4) is 0 Å². The van der Waals surface area contributed by atoms with Gasteiger partial charge in [-0.1, -0.05) is 77.0 Å². The standard InChI is InChI=1S/C15H28O.C14H24O.C14H26O.4C13H22O/c1-12(2)16-15-10-6-9-14(11-15)13-7-4-3-5-8-13;1-9(2)15-8-14-12-4-10-3-11(6-12)7-13(14)5-10;1-2-15-14-10-6-9-13(11-14)12-7-4-3-5-8-12;1-9(2)14-13-6-10-3-11(7-13)5-12(4-10)8-13;1-8(2)14-13-11-4-9-3-10(6-11)7-12(13)5-9;1-2-14-8-13-11-4-9-3-10(6-11)7-12(13)5-9;1-2-14-9-13-4-3-10-5-11(8-13)7-12(13)6-10/h12-15H,3-11H2,1-2H3;9-14H,3-8H2,1-2H3;12-14H,2-11H2,1H3;9-12H,3-8H2,1-2H3;8-13H,3-7H2,1-2H3;9-13H,2-8H2,1H3;10-12H,2-9H2,1H3. The van der Waals surface area contributed by atoms with Crippen LogP contribution < -0.4 is 0 Å². The van der Waals surface area contributed by atoms with E-state index in [0.29, 0.717) is 53.7 Å². The smallest absolute Gasteiger partial charge is 0.0694 e. The summed E-state index contributed by atoms with van der Waals surface area (Å²) in [7, 11) is 0. The summed E-state index contributed by atoms with van der Waals surface area (Å²) in [5.41, 5.74) is 0.955. The SMILES string of the molecule is CC(C)OC12CC3CC(CC(C3)C1)C2.CC(C)OC1C2CC3CC(C2)CC1C3.CC(C)OC1CCCC(C2CCCCC2)C1.CC(C)OCC1C2CC3CC(C2)CC1C3.CCOC1CCCC(C2CCCCC2)C1.CCOCC12CCC3CC(CC1C3)C2.CCOCC1C2CC3CC(C2)CC1C3. The predicted molar refractivity (Wildman–Crippen MR) is 422 cm³/mol. The van der Waals surface area contributed by atoms with Crippen LogP contribution in [0.4, 0.5) is 0 Å². The Morgan fingerprint density at radius 3 is 1.17 bits per heavy atom. The molecule has 0 spiro atoms. The molecule has 588 valence electrons. The maximum atomic E-state index is 6.25. The Bertz CT molecular complexity index is 2280. The van der Waals surface area contributed by atoms with Gasteiger partial charge in [-0.25, -0.2) is 0 Å². The molecule has 19 bridgehead atoms. The van der Waals surface area contributed by atoms with E-state index >= 15 is 0 Å². The van der Waals surface area contributed by atoms with Gasteiger partial charge in [0.2, 0.25) is 0 Å². The quantitative estimate of drug-likeness (QED) is 0.128. The summed E-state index contributed by atoms with van der Waals surface area (Å²) in [5.74, 6) is 24.7. The van der Waals surface area contributed by atoms with Gasteiger partial charge < -0.3 is 33.2 Å². The molecule has 7 heteroatoms. The van der Waals surface area contributed by atoms with Crippen LogP contribution in [-0.2, 0) is 33.2 Å². The van der Waals surface area contributed by atoms with Crippen molar-refractivity contribution in [2.24, 2.45) is 147 Å². The molecule has 0 radical (unpaired) electrons. The van der Waals surface area contributed by atoms with Gasteiger partial charge in [0.25, 0.3) is 0 Å². The first-order valence-corrected chi connectivity index (χ1v) is 46.8. The lowest BCUT2D eigenvalue weighted by Gasteiger charge is -2.56. The van der Waals surface area contributed by atoms with E-state index in [2.05, 4.69) is 76.2 Å². The van der Waals surface area contributed by atoms with Crippen molar-refractivity contribution in [3.05, 3.63) is 0 Å². The van der Waals surface area contributed by atoms with E-state index in [9.17, 15) is 0 Å². The number of hydrogen-bond acceptors (Lipinski definition) is 7. The molecule has 8 atom stereocenters. The van der Waals surface area contributed by atoms with Gasteiger partial charge in [-0.15, -0.1) is 0 Å². The highest BCUT2D eigenvalue weighted by Gasteiger charge is 2.56. The molecule has 0 heterocycles. The van der Waals surface area contributed by atoms with Crippen LogP contribution in [0.1, 0.15) is 365 Å². The summed E-state index contributed by atoms with van der Waals surface area (Å²) in [6.07, 6.45) is 70.0. The first kappa shape index (κ1) is 79.8. The van der Waals surface area contributed by atoms with Gasteiger partial charge in [-0.3, -0.25) is 0 Å². The maximum absolute atomic E-state index is 6.25. The van der Waals surface area contributed by atoms with Crippen molar-refractivity contribution in [1.82, 2.24) is 0 Å². The second-order valence-electron chi connectivity index (χ2n) is 42.0. The van der Waals surface area contributed by atoms with Crippen molar-refractivity contribution >= 4 is 0 Å². The molecule has 0 aromatic carbocycles. The zero-order chi connectivity index (χ0) is 70.9. The first-order valence-electron chi connectivity index (χ1n) is 46.8. The van der Waals surface area contributed by atoms with Gasteiger partial charge in [0.15, 0.2) is 0 Å². The van der Waals surface area contributed by atoms with Gasteiger partial charge in [0, 0.05) is 26.4 Å². The number of rotatable bonds is 19. The number of ether oxygens (including phenoxy) is 7. The largest absolute Gasteiger partial charge is 0.381 e. The zero-order valence-electron chi connectivity index (χ0n) is 68.8. The second-order valence-corrected chi connectivity index (χ2v) is 42.0. The highest BCUT2D eigenvalue weighted by Crippen LogP contribution is 2.64. The summed E-state index contributed by atoms with van der Waals surface area (Å²) < 4.78 is 41.5. The molecule has 0 aromatic heterocycles. The molecule has 0 aliphatic heterocycles. The highest BCUT2D eigenvalue weighted by molar-refractivity contribution is 5.06. The highest BCUT2D eigenvalue weighted by atomic mass is 16.5. The molecule has 0 saturated heterocycles. The monoisotopic (exact) mass is 1420 g/mol. The molecule has 23 saturated carbocycles. The summed E-state index contributed by atoms with van der Waals surface area (Å²) >= 11 is 0. The summed E-state index contributed by atoms with van der Waals surface area (Å²) in [4.78, 5) is 0. The molecule has 0 amide bonds. The molecular weight excluding hydrogens is 1250 g/mol. The molecule has 0 aromatic rings. The van der Waals surface area contributed by atoms with E-state index in [4.69, 9.17) is 33.2 Å². The van der Waals surface area contributed by atoms with E-state index in [-0.39, 0.29) is 0 Å². The molecule has 7 nitrogen and oxygen atoms in total. The third-order valence-corrected chi connectivity index (χ3v) is 33.0. The van der Waals surface area contributed by atoms with Crippen molar-refractivity contribution < 1.29 is 33.2 Å². The fourth-order valence-corrected chi connectivity index (χ4v) is 30.2. The molecule has 23 aliphatic carbocycles. The summed E-state index contributed by atoms with van der Waals surface area (Å²) in [6.45, 7) is 29.7. The third-order valence-electron chi connectivity index (χ3n) is 33.0. The van der Waals surface area contributed by atoms with E-state index in [1.165, 1.54) is 263 Å². The van der Waals surface area contributed by atoms with Crippen LogP contribution in [0.15, 0.2) is 0 Å². The lowest BCUT2D eigenvalue weighted by molar-refractivity contribution is -0.180. The van der Waals surface area contributed by atoms with Crippen LogP contribution in [-0.4, -0.2) is 88.0 Å². The van der Waals surface area contributed by atoms with Crippen molar-refractivity contribution in [2.75, 3.05) is 39.6 Å². The van der Waals surface area contributed by atoms with E-state index in [0.717, 1.165) is 182 Å². The molecular formula is C95H166O7. The molecule has 23 aliphatic rings. The van der Waals surface area contributed by atoms with Gasteiger partial charge in [-0.05, 0) is 435 Å². The van der Waals surface area contributed by atoms with Gasteiger partial charge >= 0.3 is 0 Å². The minimum atomic E-state index is 0.322. The van der Waals surface area contributed by atoms with Crippen molar-refractivity contribution in [3.63, 3.8) is 0 Å². The molecule has 102 heavy (non-hydrogen) atoms. The van der Waals surface area contributed by atoms with Crippen LogP contribution in [0.25, 0.3) is 0 Å². The minimum absolute atomic E-state index is 0.322. The molecule has 23 fully saturated rings. The maximum Gasteiger partial charge on any atom is 0.0694 e. The Kier molecular flexibility index (Phi) is 29.6. The average molecular weight is 1420 g/mol. The Balaban J connectivity index is 0.000000106. The number of fused-ring (bicyclic) bond motifs is 2. The van der Waals surface area contributed by atoms with E-state index < -0.39 is 0 Å². The molecule has 23 rings (SSSR count). The minimum Gasteiger partial charge on any atom is -0.381 e.